The zero-order valence-electron chi connectivity index (χ0n) is 9.56. The van der Waals surface area contributed by atoms with Crippen molar-refractivity contribution in [2.45, 2.75) is 13.0 Å². The third-order valence-corrected chi connectivity index (χ3v) is 2.98. The smallest absolute Gasteiger partial charge is 0.313 e. The van der Waals surface area contributed by atoms with E-state index in [0.29, 0.717) is 17.7 Å². The van der Waals surface area contributed by atoms with Gasteiger partial charge >= 0.3 is 5.69 Å². The van der Waals surface area contributed by atoms with Crippen molar-refractivity contribution in [2.75, 3.05) is 19.6 Å². The van der Waals surface area contributed by atoms with Gasteiger partial charge in [0.2, 0.25) is 0 Å². The number of hydrogen-bond acceptors (Lipinski definition) is 5. The van der Waals surface area contributed by atoms with Crippen LogP contribution in [0.1, 0.15) is 17.2 Å². The van der Waals surface area contributed by atoms with Crippen LogP contribution in [-0.4, -0.2) is 29.7 Å². The number of rotatable bonds is 2. The second-order valence-corrected chi connectivity index (χ2v) is 4.14. The number of aryl methyl sites for hydroxylation is 1. The Kier molecular flexibility index (Phi) is 3.26. The van der Waals surface area contributed by atoms with Gasteiger partial charge in [-0.05, 0) is 6.92 Å². The molecule has 1 heterocycles. The van der Waals surface area contributed by atoms with E-state index in [9.17, 15) is 15.2 Å². The summed E-state index contributed by atoms with van der Waals surface area (Å²) in [5.74, 6) is -0.226. The molecule has 0 radical (unpaired) electrons. The first-order chi connectivity index (χ1) is 8.11. The number of nitrogens with zero attached hydrogens (tertiary/aromatic N) is 1. The number of nitrogens with one attached hydrogen (secondary N) is 2. The molecule has 1 aromatic rings. The highest BCUT2D eigenvalue weighted by atomic mass is 16.6. The van der Waals surface area contributed by atoms with Crippen LogP contribution in [0.25, 0.3) is 0 Å². The minimum atomic E-state index is -0.537. The molecule has 1 fully saturated rings. The quantitative estimate of drug-likeness (QED) is 0.524. The number of nitro groups is 1. The van der Waals surface area contributed by atoms with E-state index in [0.717, 1.165) is 13.1 Å². The van der Waals surface area contributed by atoms with Gasteiger partial charge in [0.15, 0.2) is 5.75 Å². The normalized spacial score (nSPS) is 20.2. The molecule has 1 aliphatic heterocycles. The molecule has 0 spiro atoms. The standard InChI is InChI=1S/C11H15N3O3/c1-7-2-3-8(9-6-12-4-5-13-9)11(15)10(7)14(16)17/h2-3,9,12-13,15H,4-6H2,1H3/t9-/m1/s1. The lowest BCUT2D eigenvalue weighted by Crippen LogP contribution is -2.42. The van der Waals surface area contributed by atoms with Gasteiger partial charge in [-0.15, -0.1) is 0 Å². The molecule has 0 amide bonds. The van der Waals surface area contributed by atoms with E-state index in [4.69, 9.17) is 0 Å². The molecule has 6 nitrogen and oxygen atoms in total. The first-order valence-corrected chi connectivity index (χ1v) is 5.52. The van der Waals surface area contributed by atoms with Gasteiger partial charge in [0.05, 0.1) is 4.92 Å². The highest BCUT2D eigenvalue weighted by Crippen LogP contribution is 2.36. The van der Waals surface area contributed by atoms with Gasteiger partial charge in [0, 0.05) is 36.8 Å². The molecule has 2 rings (SSSR count). The fourth-order valence-corrected chi connectivity index (χ4v) is 2.08. The van der Waals surface area contributed by atoms with Crippen LogP contribution in [0.5, 0.6) is 5.75 Å². The maximum atomic E-state index is 10.9. The Morgan fingerprint density at radius 2 is 2.24 bits per heavy atom. The van der Waals surface area contributed by atoms with Crippen LogP contribution < -0.4 is 10.6 Å². The van der Waals surface area contributed by atoms with Crippen molar-refractivity contribution in [1.29, 1.82) is 0 Å². The number of phenols is 1. The van der Waals surface area contributed by atoms with Crippen LogP contribution in [0.2, 0.25) is 0 Å². The summed E-state index contributed by atoms with van der Waals surface area (Å²) in [6, 6.07) is 3.33. The van der Waals surface area contributed by atoms with E-state index in [-0.39, 0.29) is 17.5 Å². The molecule has 1 aromatic carbocycles. The Labute approximate surface area is 98.8 Å². The number of hydrogen-bond donors (Lipinski definition) is 3. The second kappa shape index (κ2) is 4.68. The molecule has 0 aliphatic carbocycles. The van der Waals surface area contributed by atoms with Crippen LogP contribution in [0.15, 0.2) is 12.1 Å². The van der Waals surface area contributed by atoms with Crippen molar-refractivity contribution in [3.8, 4) is 5.75 Å². The summed E-state index contributed by atoms with van der Waals surface area (Å²) in [5, 5.41) is 27.3. The van der Waals surface area contributed by atoms with Gasteiger partial charge in [-0.25, -0.2) is 0 Å². The third kappa shape index (κ3) is 2.22. The summed E-state index contributed by atoms with van der Waals surface area (Å²) in [4.78, 5) is 10.3. The van der Waals surface area contributed by atoms with Crippen LogP contribution >= 0.6 is 0 Å². The molecule has 0 aromatic heterocycles. The average molecular weight is 237 g/mol. The van der Waals surface area contributed by atoms with E-state index in [1.54, 1.807) is 19.1 Å². The monoisotopic (exact) mass is 237 g/mol. The summed E-state index contributed by atoms with van der Waals surface area (Å²) in [6.45, 7) is 3.93. The Hall–Kier alpha value is -1.66. The summed E-state index contributed by atoms with van der Waals surface area (Å²) in [6.07, 6.45) is 0. The van der Waals surface area contributed by atoms with Gasteiger partial charge in [-0.1, -0.05) is 12.1 Å². The predicted octanol–water partition coefficient (Wildman–Crippen LogP) is 0.843. The van der Waals surface area contributed by atoms with E-state index in [1.807, 2.05) is 0 Å². The molecule has 3 N–H and O–H groups in total. The van der Waals surface area contributed by atoms with Crippen molar-refractivity contribution in [3.05, 3.63) is 33.4 Å². The van der Waals surface area contributed by atoms with E-state index < -0.39 is 4.92 Å². The Balaban J connectivity index is 2.41. The molecule has 1 saturated heterocycles. The van der Waals surface area contributed by atoms with E-state index in [1.165, 1.54) is 0 Å². The molecular formula is C11H15N3O3. The SMILES string of the molecule is Cc1ccc([C@H]2CNCCN2)c(O)c1[N+](=O)[O-]. The molecule has 17 heavy (non-hydrogen) atoms. The fourth-order valence-electron chi connectivity index (χ4n) is 2.08. The first-order valence-electron chi connectivity index (χ1n) is 5.52. The van der Waals surface area contributed by atoms with Crippen molar-refractivity contribution in [3.63, 3.8) is 0 Å². The highest BCUT2D eigenvalue weighted by Gasteiger charge is 2.25. The second-order valence-electron chi connectivity index (χ2n) is 4.14. The lowest BCUT2D eigenvalue weighted by molar-refractivity contribution is -0.386. The van der Waals surface area contributed by atoms with Gasteiger partial charge in [0.1, 0.15) is 0 Å². The molecular weight excluding hydrogens is 222 g/mol. The van der Waals surface area contributed by atoms with E-state index >= 15 is 0 Å². The molecule has 0 unspecified atom stereocenters. The van der Waals surface area contributed by atoms with Gasteiger partial charge in [-0.2, -0.15) is 0 Å². The number of aromatic hydroxyl groups is 1. The lowest BCUT2D eigenvalue weighted by Gasteiger charge is -2.25. The highest BCUT2D eigenvalue weighted by molar-refractivity contribution is 5.56. The molecule has 92 valence electrons. The van der Waals surface area contributed by atoms with Crippen LogP contribution in [0.4, 0.5) is 5.69 Å². The molecule has 1 atom stereocenters. The van der Waals surface area contributed by atoms with Crippen molar-refractivity contribution < 1.29 is 10.0 Å². The maximum Gasteiger partial charge on any atom is 0.313 e. The zero-order valence-corrected chi connectivity index (χ0v) is 9.56. The summed E-state index contributed by atoms with van der Waals surface area (Å²) in [7, 11) is 0. The summed E-state index contributed by atoms with van der Waals surface area (Å²) in [5.41, 5.74) is 0.851. The van der Waals surface area contributed by atoms with E-state index in [2.05, 4.69) is 10.6 Å². The Bertz CT molecular complexity index is 442. The van der Waals surface area contributed by atoms with Crippen LogP contribution in [0, 0.1) is 17.0 Å². The average Bonchev–Trinajstić information content (AvgIpc) is 2.30. The third-order valence-electron chi connectivity index (χ3n) is 2.98. The number of piperazine rings is 1. The maximum absolute atomic E-state index is 10.9. The van der Waals surface area contributed by atoms with Gasteiger partial charge < -0.3 is 15.7 Å². The Morgan fingerprint density at radius 1 is 1.47 bits per heavy atom. The first kappa shape index (κ1) is 11.8. The summed E-state index contributed by atoms with van der Waals surface area (Å²) < 4.78 is 0. The van der Waals surface area contributed by atoms with Crippen molar-refractivity contribution in [2.24, 2.45) is 0 Å². The molecule has 0 saturated carbocycles. The molecule has 0 bridgehead atoms. The zero-order chi connectivity index (χ0) is 12.4. The minimum absolute atomic E-state index is 0.0805. The predicted molar refractivity (Wildman–Crippen MR) is 63.1 cm³/mol. The topological polar surface area (TPSA) is 87.4 Å². The molecule has 6 heteroatoms. The van der Waals surface area contributed by atoms with Crippen molar-refractivity contribution >= 4 is 5.69 Å². The van der Waals surface area contributed by atoms with Crippen LogP contribution in [0.3, 0.4) is 0 Å². The van der Waals surface area contributed by atoms with Crippen molar-refractivity contribution in [1.82, 2.24) is 10.6 Å². The number of nitro benzene ring substituents is 1. The van der Waals surface area contributed by atoms with Gasteiger partial charge in [-0.3, -0.25) is 10.1 Å². The largest absolute Gasteiger partial charge is 0.502 e. The van der Waals surface area contributed by atoms with Crippen LogP contribution in [-0.2, 0) is 0 Å². The minimum Gasteiger partial charge on any atom is -0.502 e. The fraction of sp³-hybridized carbons (Fsp3) is 0.455. The number of phenolic OH excluding ortho intramolecular Hbond substituents is 1. The Morgan fingerprint density at radius 3 is 2.82 bits per heavy atom. The lowest BCUT2D eigenvalue weighted by atomic mass is 10.0. The number of benzene rings is 1. The summed E-state index contributed by atoms with van der Waals surface area (Å²) >= 11 is 0. The molecule has 1 aliphatic rings. The van der Waals surface area contributed by atoms with Gasteiger partial charge in [0.25, 0.3) is 0 Å².